The van der Waals surface area contributed by atoms with E-state index < -0.39 is 0 Å². The number of ether oxygens (including phenoxy) is 2. The summed E-state index contributed by atoms with van der Waals surface area (Å²) in [6, 6.07) is 7.01. The second-order valence-electron chi connectivity index (χ2n) is 4.91. The zero-order valence-corrected chi connectivity index (χ0v) is 11.3. The summed E-state index contributed by atoms with van der Waals surface area (Å²) in [6.45, 7) is 5.22. The number of rotatable bonds is 3. The normalized spacial score (nSPS) is 23.2. The summed E-state index contributed by atoms with van der Waals surface area (Å²) >= 11 is 0. The van der Waals surface area contributed by atoms with Gasteiger partial charge in [0, 0.05) is 18.8 Å². The quantitative estimate of drug-likeness (QED) is 0.835. The summed E-state index contributed by atoms with van der Waals surface area (Å²) in [5, 5.41) is 0. The molecule has 1 fully saturated rings. The summed E-state index contributed by atoms with van der Waals surface area (Å²) in [7, 11) is 0. The largest absolute Gasteiger partial charge is 0.484 e. The Morgan fingerprint density at radius 2 is 1.89 bits per heavy atom. The molecule has 5 nitrogen and oxygen atoms in total. The fourth-order valence-electron chi connectivity index (χ4n) is 2.18. The number of hydrogen-bond acceptors (Lipinski definition) is 4. The van der Waals surface area contributed by atoms with Crippen molar-refractivity contribution in [3.63, 3.8) is 0 Å². The van der Waals surface area contributed by atoms with E-state index in [1.165, 1.54) is 0 Å². The predicted octanol–water partition coefficient (Wildman–Crippen LogP) is 1.28. The minimum Gasteiger partial charge on any atom is -0.484 e. The van der Waals surface area contributed by atoms with Gasteiger partial charge in [-0.15, -0.1) is 0 Å². The predicted molar refractivity (Wildman–Crippen MR) is 72.9 cm³/mol. The van der Waals surface area contributed by atoms with Crippen LogP contribution in [0.3, 0.4) is 0 Å². The van der Waals surface area contributed by atoms with Crippen molar-refractivity contribution >= 4 is 11.6 Å². The van der Waals surface area contributed by atoms with E-state index in [9.17, 15) is 4.79 Å². The smallest absolute Gasteiger partial charge is 0.260 e. The van der Waals surface area contributed by atoms with E-state index >= 15 is 0 Å². The van der Waals surface area contributed by atoms with Crippen LogP contribution in [0.25, 0.3) is 0 Å². The molecule has 0 aliphatic carbocycles. The Bertz CT molecular complexity index is 423. The van der Waals surface area contributed by atoms with E-state index in [0.717, 1.165) is 0 Å². The van der Waals surface area contributed by atoms with Gasteiger partial charge in [0.05, 0.1) is 12.2 Å². The fourth-order valence-corrected chi connectivity index (χ4v) is 2.18. The van der Waals surface area contributed by atoms with Crippen molar-refractivity contribution in [3.8, 4) is 5.75 Å². The SMILES string of the molecule is C[C@@H]1CN(C(=O)COc2ccc(N)cc2)C[C@@H](C)O1. The molecule has 1 aromatic rings. The number of benzene rings is 1. The van der Waals surface area contributed by atoms with Gasteiger partial charge in [-0.05, 0) is 38.1 Å². The van der Waals surface area contributed by atoms with Crippen LogP contribution < -0.4 is 10.5 Å². The van der Waals surface area contributed by atoms with Crippen LogP contribution in [0.4, 0.5) is 5.69 Å². The molecule has 0 radical (unpaired) electrons. The summed E-state index contributed by atoms with van der Waals surface area (Å²) in [6.07, 6.45) is 0.147. The molecule has 1 aromatic carbocycles. The molecule has 0 saturated carbocycles. The van der Waals surface area contributed by atoms with E-state index in [-0.39, 0.29) is 24.7 Å². The number of amides is 1. The van der Waals surface area contributed by atoms with Crippen molar-refractivity contribution in [2.24, 2.45) is 0 Å². The van der Waals surface area contributed by atoms with Crippen molar-refractivity contribution in [1.29, 1.82) is 0 Å². The van der Waals surface area contributed by atoms with Gasteiger partial charge in [0.25, 0.3) is 5.91 Å². The van der Waals surface area contributed by atoms with Gasteiger partial charge in [0.1, 0.15) is 5.75 Å². The van der Waals surface area contributed by atoms with Crippen LogP contribution in [-0.2, 0) is 9.53 Å². The average molecular weight is 264 g/mol. The van der Waals surface area contributed by atoms with Gasteiger partial charge in [-0.3, -0.25) is 4.79 Å². The molecule has 0 spiro atoms. The topological polar surface area (TPSA) is 64.8 Å². The van der Waals surface area contributed by atoms with Gasteiger partial charge in [0.2, 0.25) is 0 Å². The third kappa shape index (κ3) is 3.86. The van der Waals surface area contributed by atoms with Gasteiger partial charge < -0.3 is 20.1 Å². The number of carbonyl (C=O) groups is 1. The molecule has 104 valence electrons. The molecule has 2 atom stereocenters. The Kier molecular flexibility index (Phi) is 4.27. The Morgan fingerprint density at radius 3 is 2.47 bits per heavy atom. The Morgan fingerprint density at radius 1 is 1.32 bits per heavy atom. The Hall–Kier alpha value is -1.75. The number of anilines is 1. The maximum atomic E-state index is 12.1. The molecular weight excluding hydrogens is 244 g/mol. The molecule has 1 amide bonds. The molecule has 1 aliphatic heterocycles. The van der Waals surface area contributed by atoms with Crippen molar-refractivity contribution in [1.82, 2.24) is 4.90 Å². The molecular formula is C14H20N2O3. The third-order valence-electron chi connectivity index (χ3n) is 3.01. The molecule has 1 heterocycles. The lowest BCUT2D eigenvalue weighted by Gasteiger charge is -2.35. The molecule has 0 bridgehead atoms. The molecule has 5 heteroatoms. The zero-order valence-electron chi connectivity index (χ0n) is 11.3. The third-order valence-corrected chi connectivity index (χ3v) is 3.01. The highest BCUT2D eigenvalue weighted by molar-refractivity contribution is 5.78. The van der Waals surface area contributed by atoms with Crippen LogP contribution in [0.15, 0.2) is 24.3 Å². The maximum Gasteiger partial charge on any atom is 0.260 e. The van der Waals surface area contributed by atoms with Gasteiger partial charge >= 0.3 is 0 Å². The maximum absolute atomic E-state index is 12.1. The van der Waals surface area contributed by atoms with Crippen LogP contribution >= 0.6 is 0 Å². The highest BCUT2D eigenvalue weighted by Crippen LogP contribution is 2.14. The highest BCUT2D eigenvalue weighted by atomic mass is 16.5. The second-order valence-corrected chi connectivity index (χ2v) is 4.91. The first-order chi connectivity index (χ1) is 9.04. The Labute approximate surface area is 113 Å². The number of carbonyl (C=O) groups excluding carboxylic acids is 1. The van der Waals surface area contributed by atoms with Gasteiger partial charge in [-0.25, -0.2) is 0 Å². The summed E-state index contributed by atoms with van der Waals surface area (Å²) in [5.74, 6) is 0.635. The first-order valence-corrected chi connectivity index (χ1v) is 6.46. The van der Waals surface area contributed by atoms with Crippen LogP contribution in [0.2, 0.25) is 0 Å². The van der Waals surface area contributed by atoms with Crippen LogP contribution in [-0.4, -0.2) is 42.7 Å². The fraction of sp³-hybridized carbons (Fsp3) is 0.500. The van der Waals surface area contributed by atoms with E-state index in [4.69, 9.17) is 15.2 Å². The van der Waals surface area contributed by atoms with Crippen LogP contribution in [0.1, 0.15) is 13.8 Å². The molecule has 0 unspecified atom stereocenters. The van der Waals surface area contributed by atoms with Crippen molar-refractivity contribution in [3.05, 3.63) is 24.3 Å². The van der Waals surface area contributed by atoms with Crippen LogP contribution in [0.5, 0.6) is 5.75 Å². The van der Waals surface area contributed by atoms with Crippen molar-refractivity contribution in [2.75, 3.05) is 25.4 Å². The summed E-state index contributed by atoms with van der Waals surface area (Å²) in [5.41, 5.74) is 6.26. The molecule has 1 saturated heterocycles. The lowest BCUT2D eigenvalue weighted by Crippen LogP contribution is -2.49. The number of nitrogen functional groups attached to an aromatic ring is 1. The molecule has 19 heavy (non-hydrogen) atoms. The lowest BCUT2D eigenvalue weighted by molar-refractivity contribution is -0.145. The second kappa shape index (κ2) is 5.93. The molecule has 2 N–H and O–H groups in total. The van der Waals surface area contributed by atoms with Gasteiger partial charge in [-0.1, -0.05) is 0 Å². The Balaban J connectivity index is 1.85. The van der Waals surface area contributed by atoms with E-state index in [1.807, 2.05) is 13.8 Å². The first kappa shape index (κ1) is 13.7. The minimum absolute atomic E-state index is 0.0150. The number of morpholine rings is 1. The number of nitrogens with two attached hydrogens (primary N) is 1. The average Bonchev–Trinajstić information content (AvgIpc) is 2.36. The number of nitrogens with zero attached hydrogens (tertiary/aromatic N) is 1. The highest BCUT2D eigenvalue weighted by Gasteiger charge is 2.25. The summed E-state index contributed by atoms with van der Waals surface area (Å²) < 4.78 is 11.1. The van der Waals surface area contributed by atoms with Crippen molar-refractivity contribution < 1.29 is 14.3 Å². The van der Waals surface area contributed by atoms with Crippen LogP contribution in [0, 0.1) is 0 Å². The standard InChI is InChI=1S/C14H20N2O3/c1-10-7-16(8-11(2)19-10)14(17)9-18-13-5-3-12(15)4-6-13/h3-6,10-11H,7-9,15H2,1-2H3/t10-,11-/m1/s1. The van der Waals surface area contributed by atoms with Gasteiger partial charge in [-0.2, -0.15) is 0 Å². The number of hydrogen-bond donors (Lipinski definition) is 1. The lowest BCUT2D eigenvalue weighted by atomic mass is 10.2. The van der Waals surface area contributed by atoms with E-state index in [2.05, 4.69) is 0 Å². The minimum atomic E-state index is -0.0150. The molecule has 2 rings (SSSR count). The molecule has 1 aliphatic rings. The van der Waals surface area contributed by atoms with Crippen molar-refractivity contribution in [2.45, 2.75) is 26.1 Å². The van der Waals surface area contributed by atoms with E-state index in [1.54, 1.807) is 29.2 Å². The monoisotopic (exact) mass is 264 g/mol. The van der Waals surface area contributed by atoms with Gasteiger partial charge in [0.15, 0.2) is 6.61 Å². The zero-order chi connectivity index (χ0) is 13.8. The van der Waals surface area contributed by atoms with E-state index in [0.29, 0.717) is 24.5 Å². The summed E-state index contributed by atoms with van der Waals surface area (Å²) in [4.78, 5) is 13.8. The first-order valence-electron chi connectivity index (χ1n) is 6.46. The molecule has 0 aromatic heterocycles.